The molecule has 4 nitrogen and oxygen atoms in total. The van der Waals surface area contributed by atoms with E-state index < -0.39 is 0 Å². The Labute approximate surface area is 150 Å². The van der Waals surface area contributed by atoms with Gasteiger partial charge in [0.2, 0.25) is 0 Å². The van der Waals surface area contributed by atoms with Crippen LogP contribution in [0, 0.1) is 6.92 Å². The average Bonchev–Trinajstić information content (AvgIpc) is 3.23. The highest BCUT2D eigenvalue weighted by Gasteiger charge is 2.09. The summed E-state index contributed by atoms with van der Waals surface area (Å²) in [7, 11) is 0. The van der Waals surface area contributed by atoms with Gasteiger partial charge in [0.25, 0.3) is 0 Å². The van der Waals surface area contributed by atoms with Crippen LogP contribution in [0.15, 0.2) is 77.1 Å². The third kappa shape index (κ3) is 3.46. The molecule has 0 atom stereocenters. The maximum Gasteiger partial charge on any atom is 0.192 e. The maximum absolute atomic E-state index is 4.74. The van der Waals surface area contributed by atoms with E-state index in [9.17, 15) is 0 Å². The second-order valence-corrected chi connectivity index (χ2v) is 6.70. The van der Waals surface area contributed by atoms with Crippen LogP contribution in [0.4, 0.5) is 5.82 Å². The predicted molar refractivity (Wildman–Crippen MR) is 102 cm³/mol. The molecule has 0 aliphatic heterocycles. The molecule has 2 aromatic carbocycles. The van der Waals surface area contributed by atoms with Crippen LogP contribution in [0.2, 0.25) is 0 Å². The van der Waals surface area contributed by atoms with Gasteiger partial charge in [-0.1, -0.05) is 60.7 Å². The van der Waals surface area contributed by atoms with E-state index in [4.69, 9.17) is 4.99 Å². The van der Waals surface area contributed by atoms with E-state index in [1.807, 2.05) is 25.1 Å². The summed E-state index contributed by atoms with van der Waals surface area (Å²) in [6, 6.07) is 22.8. The standard InChI is InChI=1S/C20H18N4S/c1-15-12-19(23-22-15)21-20-24(13-16-8-4-2-5-9-16)18(14-25-20)17-10-6-3-7-11-17/h2-12,14H,13H2,1H3,(H,22,23). The van der Waals surface area contributed by atoms with Gasteiger partial charge < -0.3 is 4.57 Å². The normalized spacial score (nSPS) is 11.8. The van der Waals surface area contributed by atoms with E-state index in [0.29, 0.717) is 5.82 Å². The molecule has 2 heterocycles. The summed E-state index contributed by atoms with van der Waals surface area (Å²) in [5, 5.41) is 9.35. The number of thiazole rings is 1. The molecule has 25 heavy (non-hydrogen) atoms. The van der Waals surface area contributed by atoms with E-state index in [2.05, 4.69) is 68.7 Å². The average molecular weight is 346 g/mol. The number of hydrogen-bond acceptors (Lipinski definition) is 3. The van der Waals surface area contributed by atoms with E-state index >= 15 is 0 Å². The van der Waals surface area contributed by atoms with Crippen molar-refractivity contribution in [3.63, 3.8) is 0 Å². The van der Waals surface area contributed by atoms with Gasteiger partial charge in [-0.3, -0.25) is 5.10 Å². The highest BCUT2D eigenvalue weighted by Crippen LogP contribution is 2.21. The van der Waals surface area contributed by atoms with Crippen LogP contribution < -0.4 is 4.80 Å². The number of aromatic amines is 1. The molecule has 124 valence electrons. The van der Waals surface area contributed by atoms with E-state index in [1.54, 1.807) is 11.3 Å². The Hall–Kier alpha value is -2.92. The van der Waals surface area contributed by atoms with Crippen LogP contribution in [0.25, 0.3) is 11.3 Å². The van der Waals surface area contributed by atoms with Crippen molar-refractivity contribution in [3.05, 3.63) is 88.2 Å². The third-order valence-corrected chi connectivity index (χ3v) is 4.82. The zero-order chi connectivity index (χ0) is 17.1. The number of H-pyrrole nitrogens is 1. The number of hydrogen-bond donors (Lipinski definition) is 1. The smallest absolute Gasteiger partial charge is 0.192 e. The Morgan fingerprint density at radius 2 is 1.76 bits per heavy atom. The van der Waals surface area contributed by atoms with Crippen molar-refractivity contribution < 1.29 is 0 Å². The van der Waals surface area contributed by atoms with Crippen LogP contribution in [0.3, 0.4) is 0 Å². The van der Waals surface area contributed by atoms with Crippen molar-refractivity contribution in [1.82, 2.24) is 14.8 Å². The number of benzene rings is 2. The Morgan fingerprint density at radius 3 is 2.44 bits per heavy atom. The summed E-state index contributed by atoms with van der Waals surface area (Å²) >= 11 is 1.64. The first-order valence-electron chi connectivity index (χ1n) is 8.14. The molecule has 0 bridgehead atoms. The van der Waals surface area contributed by atoms with E-state index in [-0.39, 0.29) is 0 Å². The van der Waals surface area contributed by atoms with Gasteiger partial charge in [0.05, 0.1) is 12.2 Å². The molecule has 0 saturated heterocycles. The van der Waals surface area contributed by atoms with Crippen molar-refractivity contribution in [1.29, 1.82) is 0 Å². The minimum atomic E-state index is 0.709. The molecule has 5 heteroatoms. The second kappa shape index (κ2) is 6.91. The van der Waals surface area contributed by atoms with Crippen molar-refractivity contribution in [2.75, 3.05) is 0 Å². The fraction of sp³-hybridized carbons (Fsp3) is 0.100. The summed E-state index contributed by atoms with van der Waals surface area (Å²) in [6.45, 7) is 2.75. The molecule has 0 aliphatic carbocycles. The van der Waals surface area contributed by atoms with Crippen molar-refractivity contribution in [2.45, 2.75) is 13.5 Å². The molecule has 0 fully saturated rings. The fourth-order valence-electron chi connectivity index (χ4n) is 2.74. The lowest BCUT2D eigenvalue weighted by Crippen LogP contribution is -2.16. The van der Waals surface area contributed by atoms with Crippen LogP contribution in [-0.2, 0) is 6.54 Å². The van der Waals surface area contributed by atoms with Crippen LogP contribution in [0.1, 0.15) is 11.3 Å². The Morgan fingerprint density at radius 1 is 1.04 bits per heavy atom. The van der Waals surface area contributed by atoms with E-state index in [0.717, 1.165) is 17.0 Å². The van der Waals surface area contributed by atoms with Gasteiger partial charge in [-0.2, -0.15) is 10.1 Å². The SMILES string of the molecule is Cc1cc(N=c2scc(-c3ccccc3)n2Cc2ccccc2)n[nH]1. The molecule has 0 amide bonds. The molecule has 1 N–H and O–H groups in total. The first-order chi connectivity index (χ1) is 12.3. The zero-order valence-electron chi connectivity index (χ0n) is 13.9. The molecule has 4 aromatic rings. The number of nitrogens with zero attached hydrogens (tertiary/aromatic N) is 3. The van der Waals surface area contributed by atoms with Gasteiger partial charge in [-0.05, 0) is 18.1 Å². The predicted octanol–water partition coefficient (Wildman–Crippen LogP) is 4.53. The van der Waals surface area contributed by atoms with Crippen molar-refractivity contribution in [2.24, 2.45) is 4.99 Å². The lowest BCUT2D eigenvalue weighted by molar-refractivity contribution is 0.776. The van der Waals surface area contributed by atoms with Crippen molar-refractivity contribution in [3.8, 4) is 11.3 Å². The first kappa shape index (κ1) is 15.6. The second-order valence-electron chi connectivity index (χ2n) is 5.86. The van der Waals surface area contributed by atoms with Crippen molar-refractivity contribution >= 4 is 17.2 Å². The maximum atomic E-state index is 4.74. The van der Waals surface area contributed by atoms with Crippen LogP contribution >= 0.6 is 11.3 Å². The minimum Gasteiger partial charge on any atom is -0.312 e. The molecule has 0 aliphatic rings. The lowest BCUT2D eigenvalue weighted by Gasteiger charge is -2.09. The summed E-state index contributed by atoms with van der Waals surface area (Å²) < 4.78 is 2.25. The van der Waals surface area contributed by atoms with Gasteiger partial charge in [-0.15, -0.1) is 11.3 Å². The molecule has 4 rings (SSSR count). The van der Waals surface area contributed by atoms with Gasteiger partial charge in [0, 0.05) is 17.1 Å². The highest BCUT2D eigenvalue weighted by molar-refractivity contribution is 7.07. The minimum absolute atomic E-state index is 0.709. The lowest BCUT2D eigenvalue weighted by atomic mass is 10.1. The number of nitrogens with one attached hydrogen (secondary N) is 1. The molecule has 2 aromatic heterocycles. The quantitative estimate of drug-likeness (QED) is 0.580. The third-order valence-electron chi connectivity index (χ3n) is 3.95. The summed E-state index contributed by atoms with van der Waals surface area (Å²) in [5.74, 6) is 0.709. The molecule has 0 radical (unpaired) electrons. The zero-order valence-corrected chi connectivity index (χ0v) is 14.7. The Kier molecular flexibility index (Phi) is 4.31. The summed E-state index contributed by atoms with van der Waals surface area (Å²) in [5.41, 5.74) is 4.61. The van der Waals surface area contributed by atoms with E-state index in [1.165, 1.54) is 16.8 Å². The number of aryl methyl sites for hydroxylation is 1. The first-order valence-corrected chi connectivity index (χ1v) is 9.02. The Bertz CT molecular complexity index is 1030. The molecule has 0 unspecified atom stereocenters. The monoisotopic (exact) mass is 346 g/mol. The van der Waals surface area contributed by atoms with Gasteiger partial charge >= 0.3 is 0 Å². The number of aromatic nitrogens is 3. The van der Waals surface area contributed by atoms with Crippen LogP contribution in [0.5, 0.6) is 0 Å². The fourth-order valence-corrected chi connectivity index (χ4v) is 3.65. The summed E-state index contributed by atoms with van der Waals surface area (Å²) in [6.07, 6.45) is 0. The Balaban J connectivity index is 1.84. The number of rotatable bonds is 4. The molecular weight excluding hydrogens is 328 g/mol. The highest BCUT2D eigenvalue weighted by atomic mass is 32.1. The van der Waals surface area contributed by atoms with Gasteiger partial charge in [-0.25, -0.2) is 0 Å². The molecular formula is C20H18N4S. The summed E-state index contributed by atoms with van der Waals surface area (Å²) in [4.78, 5) is 5.68. The molecule has 0 saturated carbocycles. The largest absolute Gasteiger partial charge is 0.312 e. The van der Waals surface area contributed by atoms with Crippen LogP contribution in [-0.4, -0.2) is 14.8 Å². The van der Waals surface area contributed by atoms with Gasteiger partial charge in [0.1, 0.15) is 0 Å². The van der Waals surface area contributed by atoms with Gasteiger partial charge in [0.15, 0.2) is 10.6 Å². The molecule has 0 spiro atoms. The topological polar surface area (TPSA) is 46.0 Å².